The molecule has 0 amide bonds. The summed E-state index contributed by atoms with van der Waals surface area (Å²) in [5.74, 6) is -0.816. The monoisotopic (exact) mass is 208 g/mol. The zero-order valence-electron chi connectivity index (χ0n) is 8.72. The van der Waals surface area contributed by atoms with Crippen LogP contribution in [0.15, 0.2) is 12.3 Å². The van der Waals surface area contributed by atoms with Crippen LogP contribution in [0.4, 0.5) is 0 Å². The van der Waals surface area contributed by atoms with Crippen LogP contribution in [-0.4, -0.2) is 20.9 Å². The van der Waals surface area contributed by atoms with Gasteiger partial charge in [0.15, 0.2) is 0 Å². The summed E-state index contributed by atoms with van der Waals surface area (Å²) >= 11 is 0. The van der Waals surface area contributed by atoms with E-state index in [-0.39, 0.29) is 6.42 Å². The average Bonchev–Trinajstić information content (AvgIpc) is 2.67. The van der Waals surface area contributed by atoms with Crippen LogP contribution in [-0.2, 0) is 11.2 Å². The summed E-state index contributed by atoms with van der Waals surface area (Å²) in [6.45, 7) is 0. The SMILES string of the molecule is O=C(O)Cc1ccn(C2CCCCC2)n1. The predicted octanol–water partition coefficient (Wildman–Crippen LogP) is 2.02. The highest BCUT2D eigenvalue weighted by Crippen LogP contribution is 2.27. The minimum absolute atomic E-state index is 0.0275. The third kappa shape index (κ3) is 2.58. The van der Waals surface area contributed by atoms with Crippen LogP contribution in [0.3, 0.4) is 0 Å². The predicted molar refractivity (Wildman–Crippen MR) is 55.7 cm³/mol. The molecule has 4 nitrogen and oxygen atoms in total. The molecule has 1 saturated carbocycles. The smallest absolute Gasteiger partial charge is 0.309 e. The molecule has 1 N–H and O–H groups in total. The van der Waals surface area contributed by atoms with Crippen LogP contribution in [0.25, 0.3) is 0 Å². The van der Waals surface area contributed by atoms with Crippen molar-refractivity contribution in [1.29, 1.82) is 0 Å². The van der Waals surface area contributed by atoms with Crippen LogP contribution < -0.4 is 0 Å². The van der Waals surface area contributed by atoms with E-state index in [1.54, 1.807) is 0 Å². The second-order valence-corrected chi connectivity index (χ2v) is 4.15. The molecule has 1 fully saturated rings. The number of carboxylic acid groups (broad SMARTS) is 1. The molecule has 0 bridgehead atoms. The molecule has 1 aromatic heterocycles. The van der Waals surface area contributed by atoms with Crippen molar-refractivity contribution in [3.63, 3.8) is 0 Å². The molecular weight excluding hydrogens is 192 g/mol. The Morgan fingerprint density at radius 3 is 2.87 bits per heavy atom. The van der Waals surface area contributed by atoms with E-state index in [4.69, 9.17) is 5.11 Å². The molecule has 0 spiro atoms. The summed E-state index contributed by atoms with van der Waals surface area (Å²) in [7, 11) is 0. The van der Waals surface area contributed by atoms with Crippen molar-refractivity contribution < 1.29 is 9.90 Å². The van der Waals surface area contributed by atoms with Crippen molar-refractivity contribution in [1.82, 2.24) is 9.78 Å². The van der Waals surface area contributed by atoms with E-state index < -0.39 is 5.97 Å². The summed E-state index contributed by atoms with van der Waals surface area (Å²) < 4.78 is 1.94. The van der Waals surface area contributed by atoms with Gasteiger partial charge in [-0.2, -0.15) is 5.10 Å². The van der Waals surface area contributed by atoms with Crippen LogP contribution in [0.5, 0.6) is 0 Å². The highest BCUT2D eigenvalue weighted by Gasteiger charge is 2.16. The number of aliphatic carboxylic acids is 1. The summed E-state index contributed by atoms with van der Waals surface area (Å²) in [5.41, 5.74) is 0.660. The Morgan fingerprint density at radius 2 is 2.20 bits per heavy atom. The maximum Gasteiger partial charge on any atom is 0.309 e. The highest BCUT2D eigenvalue weighted by molar-refractivity contribution is 5.69. The van der Waals surface area contributed by atoms with Gasteiger partial charge in [0.25, 0.3) is 0 Å². The van der Waals surface area contributed by atoms with E-state index in [0.29, 0.717) is 11.7 Å². The highest BCUT2D eigenvalue weighted by atomic mass is 16.4. The fourth-order valence-corrected chi connectivity index (χ4v) is 2.18. The van der Waals surface area contributed by atoms with E-state index in [1.165, 1.54) is 32.1 Å². The van der Waals surface area contributed by atoms with E-state index >= 15 is 0 Å². The Morgan fingerprint density at radius 1 is 1.47 bits per heavy atom. The standard InChI is InChI=1S/C11H16N2O2/c14-11(15)8-9-6-7-13(12-9)10-4-2-1-3-5-10/h6-7,10H,1-5,8H2,(H,14,15). The number of carbonyl (C=O) groups is 1. The summed E-state index contributed by atoms with van der Waals surface area (Å²) in [5, 5.41) is 12.9. The van der Waals surface area contributed by atoms with Gasteiger partial charge in [0.2, 0.25) is 0 Å². The van der Waals surface area contributed by atoms with Gasteiger partial charge in [-0.25, -0.2) is 0 Å². The first-order chi connectivity index (χ1) is 7.25. The summed E-state index contributed by atoms with van der Waals surface area (Å²) in [6.07, 6.45) is 8.13. The van der Waals surface area contributed by atoms with Gasteiger partial charge in [-0.3, -0.25) is 9.48 Å². The van der Waals surface area contributed by atoms with Crippen LogP contribution >= 0.6 is 0 Å². The number of rotatable bonds is 3. The Balaban J connectivity index is 2.02. The average molecular weight is 208 g/mol. The molecule has 0 aliphatic heterocycles. The fraction of sp³-hybridized carbons (Fsp3) is 0.636. The lowest BCUT2D eigenvalue weighted by atomic mass is 9.96. The molecule has 15 heavy (non-hydrogen) atoms. The molecule has 82 valence electrons. The van der Waals surface area contributed by atoms with E-state index in [9.17, 15) is 4.79 Å². The van der Waals surface area contributed by atoms with Gasteiger partial charge in [-0.1, -0.05) is 19.3 Å². The molecule has 0 atom stereocenters. The molecular formula is C11H16N2O2. The molecule has 1 aliphatic rings. The van der Waals surface area contributed by atoms with E-state index in [0.717, 1.165) is 0 Å². The molecule has 0 saturated heterocycles. The largest absolute Gasteiger partial charge is 0.481 e. The van der Waals surface area contributed by atoms with Crippen LogP contribution in [0, 0.1) is 0 Å². The molecule has 1 aliphatic carbocycles. The van der Waals surface area contributed by atoms with Gasteiger partial charge < -0.3 is 5.11 Å². The lowest BCUT2D eigenvalue weighted by molar-refractivity contribution is -0.136. The molecule has 4 heteroatoms. The van der Waals surface area contributed by atoms with Crippen molar-refractivity contribution in [3.05, 3.63) is 18.0 Å². The number of carboxylic acids is 1. The fourth-order valence-electron chi connectivity index (χ4n) is 2.18. The Bertz CT molecular complexity index is 340. The lowest BCUT2D eigenvalue weighted by Crippen LogP contribution is -2.13. The van der Waals surface area contributed by atoms with Crippen LogP contribution in [0.1, 0.15) is 43.8 Å². The van der Waals surface area contributed by atoms with Crippen molar-refractivity contribution in [2.45, 2.75) is 44.6 Å². The van der Waals surface area contributed by atoms with Gasteiger partial charge >= 0.3 is 5.97 Å². The Hall–Kier alpha value is -1.32. The lowest BCUT2D eigenvalue weighted by Gasteiger charge is -2.21. The van der Waals surface area contributed by atoms with E-state index in [1.807, 2.05) is 16.9 Å². The van der Waals surface area contributed by atoms with Gasteiger partial charge in [0, 0.05) is 6.20 Å². The van der Waals surface area contributed by atoms with Crippen molar-refractivity contribution in [2.75, 3.05) is 0 Å². The molecule has 0 aromatic carbocycles. The molecule has 0 unspecified atom stereocenters. The first-order valence-corrected chi connectivity index (χ1v) is 5.51. The quantitative estimate of drug-likeness (QED) is 0.826. The van der Waals surface area contributed by atoms with Gasteiger partial charge in [0.1, 0.15) is 0 Å². The maximum atomic E-state index is 10.5. The zero-order chi connectivity index (χ0) is 10.7. The van der Waals surface area contributed by atoms with E-state index in [2.05, 4.69) is 5.10 Å². The number of aromatic nitrogens is 2. The maximum absolute atomic E-state index is 10.5. The zero-order valence-corrected chi connectivity index (χ0v) is 8.72. The summed E-state index contributed by atoms with van der Waals surface area (Å²) in [6, 6.07) is 2.30. The Kier molecular flexibility index (Phi) is 3.04. The molecule has 1 heterocycles. The second-order valence-electron chi connectivity index (χ2n) is 4.15. The normalized spacial score (nSPS) is 17.9. The molecule has 2 rings (SSSR count). The number of hydrogen-bond acceptors (Lipinski definition) is 2. The number of nitrogens with zero attached hydrogens (tertiary/aromatic N) is 2. The minimum atomic E-state index is -0.816. The minimum Gasteiger partial charge on any atom is -0.481 e. The van der Waals surface area contributed by atoms with Crippen molar-refractivity contribution in [2.24, 2.45) is 0 Å². The molecule has 1 aromatic rings. The summed E-state index contributed by atoms with van der Waals surface area (Å²) in [4.78, 5) is 10.5. The van der Waals surface area contributed by atoms with Gasteiger partial charge in [-0.15, -0.1) is 0 Å². The van der Waals surface area contributed by atoms with Crippen molar-refractivity contribution >= 4 is 5.97 Å². The van der Waals surface area contributed by atoms with Crippen molar-refractivity contribution in [3.8, 4) is 0 Å². The first kappa shape index (κ1) is 10.2. The Labute approximate surface area is 88.9 Å². The number of hydrogen-bond donors (Lipinski definition) is 1. The first-order valence-electron chi connectivity index (χ1n) is 5.51. The topological polar surface area (TPSA) is 55.1 Å². The third-order valence-electron chi connectivity index (χ3n) is 2.94. The van der Waals surface area contributed by atoms with Gasteiger partial charge in [0.05, 0.1) is 18.2 Å². The van der Waals surface area contributed by atoms with Crippen LogP contribution in [0.2, 0.25) is 0 Å². The third-order valence-corrected chi connectivity index (χ3v) is 2.94. The molecule has 0 radical (unpaired) electrons. The van der Waals surface area contributed by atoms with Gasteiger partial charge in [-0.05, 0) is 18.9 Å². The second kappa shape index (κ2) is 4.47.